The van der Waals surface area contributed by atoms with Gasteiger partial charge in [-0.15, -0.1) is 11.8 Å². The first-order valence-corrected chi connectivity index (χ1v) is 8.33. The monoisotopic (exact) mass is 281 g/mol. The van der Waals surface area contributed by atoms with Crippen LogP contribution in [0.15, 0.2) is 29.2 Å². The zero-order valence-electron chi connectivity index (χ0n) is 11.6. The number of hydrogen-bond acceptors (Lipinski definition) is 2. The number of nitrogens with two attached hydrogens (primary N) is 1. The lowest BCUT2D eigenvalue weighted by atomic mass is 9.75. The van der Waals surface area contributed by atoms with Crippen LogP contribution in [0, 0.1) is 17.7 Å². The summed E-state index contributed by atoms with van der Waals surface area (Å²) < 4.78 is 12.8. The second kappa shape index (κ2) is 7.30. The Labute approximate surface area is 120 Å². The van der Waals surface area contributed by atoms with E-state index in [0.717, 1.165) is 16.6 Å². The molecule has 1 aliphatic carbocycles. The molecule has 1 aliphatic rings. The van der Waals surface area contributed by atoms with Crippen molar-refractivity contribution in [2.24, 2.45) is 17.6 Å². The van der Waals surface area contributed by atoms with Crippen molar-refractivity contribution in [3.8, 4) is 0 Å². The maximum atomic E-state index is 12.8. The van der Waals surface area contributed by atoms with E-state index in [4.69, 9.17) is 5.73 Å². The molecule has 19 heavy (non-hydrogen) atoms. The van der Waals surface area contributed by atoms with Crippen molar-refractivity contribution in [2.45, 2.75) is 50.0 Å². The van der Waals surface area contributed by atoms with E-state index >= 15 is 0 Å². The molecule has 0 radical (unpaired) electrons. The number of thioether (sulfide) groups is 1. The van der Waals surface area contributed by atoms with Gasteiger partial charge in [0, 0.05) is 16.7 Å². The SMILES string of the molecule is CCC1CCCCC1C(N)CSc1ccc(F)cc1. The third-order valence-electron chi connectivity index (χ3n) is 4.30. The zero-order valence-corrected chi connectivity index (χ0v) is 12.5. The second-order valence-electron chi connectivity index (χ2n) is 5.55. The molecule has 0 amide bonds. The molecule has 0 heterocycles. The van der Waals surface area contributed by atoms with E-state index in [9.17, 15) is 4.39 Å². The van der Waals surface area contributed by atoms with Crippen LogP contribution in [0.2, 0.25) is 0 Å². The number of halogens is 1. The summed E-state index contributed by atoms with van der Waals surface area (Å²) in [5, 5.41) is 0. The first kappa shape index (κ1) is 14.9. The Kier molecular flexibility index (Phi) is 5.71. The molecule has 0 saturated heterocycles. The Balaban J connectivity index is 1.85. The van der Waals surface area contributed by atoms with Crippen LogP contribution in [0.1, 0.15) is 39.0 Å². The van der Waals surface area contributed by atoms with Crippen LogP contribution in [0.4, 0.5) is 4.39 Å². The Morgan fingerprint density at radius 1 is 1.26 bits per heavy atom. The average Bonchev–Trinajstić information content (AvgIpc) is 2.46. The van der Waals surface area contributed by atoms with E-state index in [1.54, 1.807) is 11.8 Å². The summed E-state index contributed by atoms with van der Waals surface area (Å²) >= 11 is 1.75. The number of hydrogen-bond donors (Lipinski definition) is 1. The minimum atomic E-state index is -0.174. The Morgan fingerprint density at radius 2 is 1.95 bits per heavy atom. The molecular formula is C16H24FNS. The van der Waals surface area contributed by atoms with Crippen LogP contribution < -0.4 is 5.73 Å². The highest BCUT2D eigenvalue weighted by Gasteiger charge is 2.28. The van der Waals surface area contributed by atoms with E-state index in [1.807, 2.05) is 12.1 Å². The highest BCUT2D eigenvalue weighted by Crippen LogP contribution is 2.35. The molecule has 106 valence electrons. The lowest BCUT2D eigenvalue weighted by Gasteiger charge is -2.35. The van der Waals surface area contributed by atoms with E-state index in [2.05, 4.69) is 6.92 Å². The fourth-order valence-corrected chi connectivity index (χ4v) is 4.11. The Bertz CT molecular complexity index is 379. The lowest BCUT2D eigenvalue weighted by Crippen LogP contribution is -2.38. The van der Waals surface area contributed by atoms with Gasteiger partial charge in [0.25, 0.3) is 0 Å². The van der Waals surface area contributed by atoms with Gasteiger partial charge in [-0.3, -0.25) is 0 Å². The van der Waals surface area contributed by atoms with Crippen LogP contribution in [-0.4, -0.2) is 11.8 Å². The first-order chi connectivity index (χ1) is 9.20. The van der Waals surface area contributed by atoms with E-state index in [1.165, 1.54) is 44.2 Å². The predicted molar refractivity (Wildman–Crippen MR) is 80.8 cm³/mol. The maximum Gasteiger partial charge on any atom is 0.123 e. The van der Waals surface area contributed by atoms with Crippen molar-refractivity contribution in [3.63, 3.8) is 0 Å². The Morgan fingerprint density at radius 3 is 2.63 bits per heavy atom. The third-order valence-corrected chi connectivity index (χ3v) is 5.46. The largest absolute Gasteiger partial charge is 0.327 e. The van der Waals surface area contributed by atoms with Gasteiger partial charge in [-0.25, -0.2) is 4.39 Å². The van der Waals surface area contributed by atoms with Gasteiger partial charge in [-0.1, -0.05) is 32.6 Å². The molecule has 2 N–H and O–H groups in total. The fraction of sp³-hybridized carbons (Fsp3) is 0.625. The highest BCUT2D eigenvalue weighted by molar-refractivity contribution is 7.99. The van der Waals surface area contributed by atoms with Crippen molar-refractivity contribution >= 4 is 11.8 Å². The molecule has 0 aliphatic heterocycles. The molecule has 0 spiro atoms. The van der Waals surface area contributed by atoms with E-state index in [0.29, 0.717) is 5.92 Å². The van der Waals surface area contributed by atoms with Crippen molar-refractivity contribution in [1.82, 2.24) is 0 Å². The standard InChI is InChI=1S/C16H24FNS/c1-2-12-5-3-4-6-15(12)16(18)11-19-14-9-7-13(17)8-10-14/h7-10,12,15-16H,2-6,11,18H2,1H3. The molecule has 1 fully saturated rings. The van der Waals surface area contributed by atoms with Gasteiger partial charge in [-0.05, 0) is 42.5 Å². The first-order valence-electron chi connectivity index (χ1n) is 7.34. The average molecular weight is 281 g/mol. The van der Waals surface area contributed by atoms with Crippen LogP contribution >= 0.6 is 11.8 Å². The highest BCUT2D eigenvalue weighted by atomic mass is 32.2. The van der Waals surface area contributed by atoms with Gasteiger partial charge in [0.1, 0.15) is 5.82 Å². The van der Waals surface area contributed by atoms with E-state index in [-0.39, 0.29) is 11.9 Å². The summed E-state index contributed by atoms with van der Waals surface area (Å²) in [7, 11) is 0. The summed E-state index contributed by atoms with van der Waals surface area (Å²) in [6.07, 6.45) is 6.57. The molecule has 1 nitrogen and oxygen atoms in total. The van der Waals surface area contributed by atoms with Crippen molar-refractivity contribution in [1.29, 1.82) is 0 Å². The molecular weight excluding hydrogens is 257 g/mol. The minimum Gasteiger partial charge on any atom is -0.327 e. The summed E-state index contributed by atoms with van der Waals surface area (Å²) in [5.41, 5.74) is 6.40. The Hall–Kier alpha value is -0.540. The van der Waals surface area contributed by atoms with Crippen molar-refractivity contribution < 1.29 is 4.39 Å². The van der Waals surface area contributed by atoms with E-state index < -0.39 is 0 Å². The smallest absolute Gasteiger partial charge is 0.123 e. The van der Waals surface area contributed by atoms with Gasteiger partial charge in [0.2, 0.25) is 0 Å². The normalized spacial score (nSPS) is 25.2. The second-order valence-corrected chi connectivity index (χ2v) is 6.64. The van der Waals surface area contributed by atoms with Gasteiger partial charge in [0.05, 0.1) is 0 Å². The zero-order chi connectivity index (χ0) is 13.7. The molecule has 1 saturated carbocycles. The van der Waals surface area contributed by atoms with Gasteiger partial charge < -0.3 is 5.73 Å². The summed E-state index contributed by atoms with van der Waals surface area (Å²) in [5.74, 6) is 2.24. The lowest BCUT2D eigenvalue weighted by molar-refractivity contribution is 0.205. The van der Waals surface area contributed by atoms with Gasteiger partial charge in [0.15, 0.2) is 0 Å². The molecule has 3 heteroatoms. The van der Waals surface area contributed by atoms with Crippen LogP contribution in [0.5, 0.6) is 0 Å². The minimum absolute atomic E-state index is 0.174. The van der Waals surface area contributed by atoms with Gasteiger partial charge >= 0.3 is 0 Å². The summed E-state index contributed by atoms with van der Waals surface area (Å²) in [6.45, 7) is 2.28. The molecule has 0 bridgehead atoms. The molecule has 2 rings (SSSR count). The van der Waals surface area contributed by atoms with Crippen molar-refractivity contribution in [2.75, 3.05) is 5.75 Å². The molecule has 1 aromatic rings. The van der Waals surface area contributed by atoms with Crippen LogP contribution in [0.3, 0.4) is 0 Å². The quantitative estimate of drug-likeness (QED) is 0.806. The molecule has 3 unspecified atom stereocenters. The van der Waals surface area contributed by atoms with Gasteiger partial charge in [-0.2, -0.15) is 0 Å². The summed E-state index contributed by atoms with van der Waals surface area (Å²) in [6, 6.07) is 6.97. The fourth-order valence-electron chi connectivity index (χ4n) is 3.15. The molecule has 3 atom stereocenters. The molecule has 0 aromatic heterocycles. The topological polar surface area (TPSA) is 26.0 Å². The van der Waals surface area contributed by atoms with Crippen LogP contribution in [-0.2, 0) is 0 Å². The summed E-state index contributed by atoms with van der Waals surface area (Å²) in [4.78, 5) is 1.11. The van der Waals surface area contributed by atoms with Crippen LogP contribution in [0.25, 0.3) is 0 Å². The number of benzene rings is 1. The predicted octanol–water partition coefficient (Wildman–Crippen LogP) is 4.46. The molecule has 1 aromatic carbocycles. The maximum absolute atomic E-state index is 12.8. The number of rotatable bonds is 5. The third kappa shape index (κ3) is 4.22. The van der Waals surface area contributed by atoms with Crippen molar-refractivity contribution in [3.05, 3.63) is 30.1 Å².